The average Bonchev–Trinajstić information content (AvgIpc) is 2.70. The lowest BCUT2D eigenvalue weighted by Crippen LogP contribution is -2.28. The van der Waals surface area contributed by atoms with Gasteiger partial charge in [0.1, 0.15) is 5.76 Å². The van der Waals surface area contributed by atoms with Crippen molar-refractivity contribution in [2.75, 3.05) is 6.61 Å². The van der Waals surface area contributed by atoms with Gasteiger partial charge in [0.2, 0.25) is 0 Å². The molecule has 0 aromatic heterocycles. The molecule has 0 saturated carbocycles. The third-order valence-electron chi connectivity index (χ3n) is 3.12. The molecule has 2 rings (SSSR count). The molecule has 1 heterocycles. The van der Waals surface area contributed by atoms with Crippen molar-refractivity contribution in [3.05, 3.63) is 47.2 Å². The number of alkyl halides is 3. The van der Waals surface area contributed by atoms with E-state index in [0.717, 1.165) is 5.56 Å². The molecule has 102 valence electrons. The Morgan fingerprint density at radius 1 is 1.32 bits per heavy atom. The fourth-order valence-corrected chi connectivity index (χ4v) is 2.23. The minimum Gasteiger partial charge on any atom is -0.497 e. The maximum Gasteiger partial charge on any atom is 0.454 e. The number of carbonyl (C=O) groups excluding carboxylic acids is 1. The van der Waals surface area contributed by atoms with Crippen molar-refractivity contribution in [3.8, 4) is 0 Å². The van der Waals surface area contributed by atoms with Gasteiger partial charge in [0.25, 0.3) is 5.78 Å². The van der Waals surface area contributed by atoms with Crippen molar-refractivity contribution in [1.82, 2.24) is 0 Å². The van der Waals surface area contributed by atoms with Crippen LogP contribution in [-0.2, 0) is 16.0 Å². The second-order valence-corrected chi connectivity index (χ2v) is 4.49. The van der Waals surface area contributed by atoms with Gasteiger partial charge in [0.15, 0.2) is 0 Å². The number of carbonyl (C=O) groups is 1. The Morgan fingerprint density at radius 3 is 2.53 bits per heavy atom. The lowest BCUT2D eigenvalue weighted by atomic mass is 9.90. The van der Waals surface area contributed by atoms with Crippen molar-refractivity contribution >= 4 is 5.78 Å². The summed E-state index contributed by atoms with van der Waals surface area (Å²) in [5.74, 6) is -2.23. The van der Waals surface area contributed by atoms with Gasteiger partial charge >= 0.3 is 6.18 Å². The summed E-state index contributed by atoms with van der Waals surface area (Å²) in [6.45, 7) is 1.53. The summed E-state index contributed by atoms with van der Waals surface area (Å²) in [5.41, 5.74) is 0.648. The SMILES string of the molecule is CC1=C(C(=O)C(F)(F)F)C(Cc2ccccc2)CO1. The highest BCUT2D eigenvalue weighted by Crippen LogP contribution is 2.34. The Bertz CT molecular complexity index is 503. The molecule has 0 aliphatic carbocycles. The van der Waals surface area contributed by atoms with Crippen LogP contribution in [0.25, 0.3) is 0 Å². The third-order valence-corrected chi connectivity index (χ3v) is 3.12. The molecular weight excluding hydrogens is 257 g/mol. The molecule has 1 atom stereocenters. The number of Topliss-reactive ketones (excluding diaryl/α,β-unsaturated/α-hetero) is 1. The summed E-state index contributed by atoms with van der Waals surface area (Å²) in [6, 6.07) is 9.10. The van der Waals surface area contributed by atoms with Crippen molar-refractivity contribution in [2.24, 2.45) is 5.92 Å². The Kier molecular flexibility index (Phi) is 3.64. The maximum absolute atomic E-state index is 12.5. The van der Waals surface area contributed by atoms with Crippen LogP contribution in [0.3, 0.4) is 0 Å². The van der Waals surface area contributed by atoms with E-state index < -0.39 is 17.9 Å². The van der Waals surface area contributed by atoms with E-state index in [1.54, 1.807) is 0 Å². The van der Waals surface area contributed by atoms with Gasteiger partial charge in [-0.2, -0.15) is 13.2 Å². The first-order valence-electron chi connectivity index (χ1n) is 5.88. The van der Waals surface area contributed by atoms with E-state index in [9.17, 15) is 18.0 Å². The number of benzene rings is 1. The molecule has 0 spiro atoms. The standard InChI is InChI=1S/C14H13F3O2/c1-9-12(13(18)14(15,16)17)11(8-19-9)7-10-5-3-2-4-6-10/h2-6,11H,7-8H2,1H3. The van der Waals surface area contributed by atoms with Crippen molar-refractivity contribution in [3.63, 3.8) is 0 Å². The average molecular weight is 270 g/mol. The maximum atomic E-state index is 12.5. The Labute approximate surface area is 108 Å². The molecule has 1 unspecified atom stereocenters. The monoisotopic (exact) mass is 270 g/mol. The van der Waals surface area contributed by atoms with E-state index in [1.165, 1.54) is 6.92 Å². The molecule has 19 heavy (non-hydrogen) atoms. The number of hydrogen-bond donors (Lipinski definition) is 0. The molecule has 0 N–H and O–H groups in total. The first kappa shape index (κ1) is 13.6. The van der Waals surface area contributed by atoms with Crippen LogP contribution in [0, 0.1) is 5.92 Å². The summed E-state index contributed by atoms with van der Waals surface area (Å²) in [6.07, 6.45) is -4.48. The van der Waals surface area contributed by atoms with Crippen LogP contribution < -0.4 is 0 Å². The van der Waals surface area contributed by atoms with Crippen LogP contribution in [0.2, 0.25) is 0 Å². The topological polar surface area (TPSA) is 26.3 Å². The first-order chi connectivity index (χ1) is 8.89. The highest BCUT2D eigenvalue weighted by atomic mass is 19.4. The number of ether oxygens (including phenoxy) is 1. The minimum atomic E-state index is -4.85. The quantitative estimate of drug-likeness (QED) is 0.842. The molecule has 1 aliphatic heterocycles. The van der Waals surface area contributed by atoms with Gasteiger partial charge < -0.3 is 4.74 Å². The lowest BCUT2D eigenvalue weighted by molar-refractivity contribution is -0.167. The molecule has 0 saturated heterocycles. The van der Waals surface area contributed by atoms with Crippen molar-refractivity contribution in [2.45, 2.75) is 19.5 Å². The van der Waals surface area contributed by atoms with Crippen LogP contribution in [-0.4, -0.2) is 18.6 Å². The zero-order valence-electron chi connectivity index (χ0n) is 10.3. The first-order valence-corrected chi connectivity index (χ1v) is 5.88. The van der Waals surface area contributed by atoms with Crippen LogP contribution in [0.15, 0.2) is 41.7 Å². The van der Waals surface area contributed by atoms with Crippen molar-refractivity contribution < 1.29 is 22.7 Å². The Balaban J connectivity index is 2.21. The highest BCUT2D eigenvalue weighted by molar-refractivity contribution is 6.00. The molecule has 1 aromatic carbocycles. The van der Waals surface area contributed by atoms with Gasteiger partial charge in [-0.25, -0.2) is 0 Å². The second-order valence-electron chi connectivity index (χ2n) is 4.49. The molecule has 1 aliphatic rings. The second kappa shape index (κ2) is 5.07. The normalized spacial score (nSPS) is 19.5. The predicted octanol–water partition coefficient (Wildman–Crippen LogP) is 3.28. The molecule has 0 bridgehead atoms. The predicted molar refractivity (Wildman–Crippen MR) is 63.4 cm³/mol. The van der Waals surface area contributed by atoms with Crippen molar-refractivity contribution in [1.29, 1.82) is 0 Å². The molecule has 5 heteroatoms. The largest absolute Gasteiger partial charge is 0.497 e. The minimum absolute atomic E-state index is 0.0863. The summed E-state index contributed by atoms with van der Waals surface area (Å²) >= 11 is 0. The lowest BCUT2D eigenvalue weighted by Gasteiger charge is -2.13. The summed E-state index contributed by atoms with van der Waals surface area (Å²) in [5, 5.41) is 0. The van der Waals surface area contributed by atoms with E-state index in [1.807, 2.05) is 30.3 Å². The van der Waals surface area contributed by atoms with Gasteiger partial charge in [-0.3, -0.25) is 4.79 Å². The summed E-state index contributed by atoms with van der Waals surface area (Å²) in [7, 11) is 0. The highest BCUT2D eigenvalue weighted by Gasteiger charge is 2.45. The van der Waals surface area contributed by atoms with Crippen LogP contribution >= 0.6 is 0 Å². The van der Waals surface area contributed by atoms with E-state index in [4.69, 9.17) is 4.74 Å². The van der Waals surface area contributed by atoms with E-state index in [2.05, 4.69) is 0 Å². The number of halogens is 3. The molecule has 0 amide bonds. The zero-order valence-corrected chi connectivity index (χ0v) is 10.3. The van der Waals surface area contributed by atoms with E-state index in [-0.39, 0.29) is 17.9 Å². The van der Waals surface area contributed by atoms with Crippen LogP contribution in [0.1, 0.15) is 12.5 Å². The fraction of sp³-hybridized carbons (Fsp3) is 0.357. The van der Waals surface area contributed by atoms with E-state index in [0.29, 0.717) is 6.42 Å². The Hall–Kier alpha value is -1.78. The smallest absolute Gasteiger partial charge is 0.454 e. The number of allylic oxidation sites excluding steroid dienone is 1. The summed E-state index contributed by atoms with van der Waals surface area (Å²) < 4.78 is 42.8. The molecule has 0 radical (unpaired) electrons. The van der Waals surface area contributed by atoms with Gasteiger partial charge in [0.05, 0.1) is 6.61 Å². The molecule has 0 fully saturated rings. The molecule has 1 aromatic rings. The molecule has 2 nitrogen and oxygen atoms in total. The molecular formula is C14H13F3O2. The third kappa shape index (κ3) is 2.97. The number of ketones is 1. The fourth-order valence-electron chi connectivity index (χ4n) is 2.23. The van der Waals surface area contributed by atoms with Gasteiger partial charge in [0, 0.05) is 11.5 Å². The number of hydrogen-bond acceptors (Lipinski definition) is 2. The van der Waals surface area contributed by atoms with E-state index >= 15 is 0 Å². The van der Waals surface area contributed by atoms with Gasteiger partial charge in [-0.05, 0) is 18.9 Å². The van der Waals surface area contributed by atoms with Gasteiger partial charge in [-0.15, -0.1) is 0 Å². The van der Waals surface area contributed by atoms with Crippen LogP contribution in [0.4, 0.5) is 13.2 Å². The zero-order chi connectivity index (χ0) is 14.0. The Morgan fingerprint density at radius 2 is 1.95 bits per heavy atom. The van der Waals surface area contributed by atoms with Crippen LogP contribution in [0.5, 0.6) is 0 Å². The number of rotatable bonds is 3. The summed E-state index contributed by atoms with van der Waals surface area (Å²) in [4.78, 5) is 11.4. The van der Waals surface area contributed by atoms with Gasteiger partial charge in [-0.1, -0.05) is 30.3 Å².